The fourth-order valence-electron chi connectivity index (χ4n) is 2.08. The predicted octanol–water partition coefficient (Wildman–Crippen LogP) is 1.95. The van der Waals surface area contributed by atoms with Gasteiger partial charge in [-0.05, 0) is 33.1 Å². The molecule has 0 radical (unpaired) electrons. The fraction of sp³-hybridized carbons (Fsp3) is 0.750. The first-order chi connectivity index (χ1) is 7.77. The molecular formula is C12H20N2O2. The van der Waals surface area contributed by atoms with Crippen LogP contribution >= 0.6 is 0 Å². The molecule has 1 unspecified atom stereocenters. The summed E-state index contributed by atoms with van der Waals surface area (Å²) in [6.45, 7) is 6.58. The lowest BCUT2D eigenvalue weighted by Crippen LogP contribution is -2.31. The maximum Gasteiger partial charge on any atom is 0.138 e. The van der Waals surface area contributed by atoms with Gasteiger partial charge in [0, 0.05) is 25.3 Å². The summed E-state index contributed by atoms with van der Waals surface area (Å²) in [5, 5.41) is 7.35. The molecule has 90 valence electrons. The van der Waals surface area contributed by atoms with Crippen LogP contribution in [0.5, 0.6) is 0 Å². The highest BCUT2D eigenvalue weighted by atomic mass is 16.5. The van der Waals surface area contributed by atoms with E-state index in [0.29, 0.717) is 6.10 Å². The molecule has 2 rings (SSSR count). The van der Waals surface area contributed by atoms with Gasteiger partial charge in [0.2, 0.25) is 0 Å². The molecule has 4 nitrogen and oxygen atoms in total. The zero-order chi connectivity index (χ0) is 11.4. The van der Waals surface area contributed by atoms with Gasteiger partial charge in [0.25, 0.3) is 0 Å². The molecule has 1 aromatic heterocycles. The molecule has 1 atom stereocenters. The van der Waals surface area contributed by atoms with Crippen molar-refractivity contribution in [3.8, 4) is 0 Å². The van der Waals surface area contributed by atoms with Crippen molar-refractivity contribution in [3.63, 3.8) is 0 Å². The van der Waals surface area contributed by atoms with E-state index in [4.69, 9.17) is 9.26 Å². The minimum atomic E-state index is 0.384. The zero-order valence-electron chi connectivity index (χ0n) is 10.1. The molecule has 1 aliphatic heterocycles. The van der Waals surface area contributed by atoms with Gasteiger partial charge in [0.05, 0.1) is 11.8 Å². The molecule has 0 aromatic carbocycles. The third-order valence-electron chi connectivity index (χ3n) is 3.13. The first-order valence-corrected chi connectivity index (χ1v) is 6.01. The van der Waals surface area contributed by atoms with Crippen molar-refractivity contribution in [2.75, 3.05) is 13.2 Å². The van der Waals surface area contributed by atoms with Crippen LogP contribution in [0.3, 0.4) is 0 Å². The topological polar surface area (TPSA) is 47.3 Å². The van der Waals surface area contributed by atoms with Crippen molar-refractivity contribution in [1.29, 1.82) is 0 Å². The number of ether oxygens (including phenoxy) is 1. The summed E-state index contributed by atoms with van der Waals surface area (Å²) in [4.78, 5) is 0. The van der Waals surface area contributed by atoms with Gasteiger partial charge < -0.3 is 14.6 Å². The second kappa shape index (κ2) is 5.46. The van der Waals surface area contributed by atoms with E-state index in [0.717, 1.165) is 31.2 Å². The molecule has 16 heavy (non-hydrogen) atoms. The third kappa shape index (κ3) is 2.83. The number of rotatable bonds is 4. The highest BCUT2D eigenvalue weighted by molar-refractivity contribution is 5.20. The van der Waals surface area contributed by atoms with E-state index in [-0.39, 0.29) is 0 Å². The Bertz CT molecular complexity index is 310. The summed E-state index contributed by atoms with van der Waals surface area (Å²) < 4.78 is 10.8. The van der Waals surface area contributed by atoms with Crippen LogP contribution in [0.2, 0.25) is 0 Å². The van der Waals surface area contributed by atoms with Crippen molar-refractivity contribution in [2.45, 2.75) is 45.8 Å². The maximum atomic E-state index is 5.66. The first-order valence-electron chi connectivity index (χ1n) is 6.01. The molecular weight excluding hydrogens is 204 g/mol. The number of aryl methyl sites for hydroxylation is 2. The second-order valence-corrected chi connectivity index (χ2v) is 4.42. The van der Waals surface area contributed by atoms with Crippen molar-refractivity contribution >= 4 is 0 Å². The Hall–Kier alpha value is -0.870. The molecule has 0 aliphatic carbocycles. The maximum absolute atomic E-state index is 5.66. The average molecular weight is 224 g/mol. The van der Waals surface area contributed by atoms with E-state index >= 15 is 0 Å². The minimum absolute atomic E-state index is 0.384. The van der Waals surface area contributed by atoms with Gasteiger partial charge in [-0.1, -0.05) is 5.16 Å². The smallest absolute Gasteiger partial charge is 0.138 e. The fourth-order valence-corrected chi connectivity index (χ4v) is 2.08. The van der Waals surface area contributed by atoms with Crippen LogP contribution in [-0.2, 0) is 11.3 Å². The number of hydrogen-bond acceptors (Lipinski definition) is 4. The highest BCUT2D eigenvalue weighted by Gasteiger charge is 2.14. The van der Waals surface area contributed by atoms with E-state index in [1.165, 1.54) is 24.8 Å². The van der Waals surface area contributed by atoms with Gasteiger partial charge in [-0.15, -0.1) is 0 Å². The quantitative estimate of drug-likeness (QED) is 0.849. The van der Waals surface area contributed by atoms with E-state index in [2.05, 4.69) is 10.5 Å². The molecule has 0 spiro atoms. The summed E-state index contributed by atoms with van der Waals surface area (Å²) in [6.07, 6.45) is 4.06. The Labute approximate surface area is 96.3 Å². The lowest BCUT2D eigenvalue weighted by atomic mass is 10.1. The lowest BCUT2D eigenvalue weighted by molar-refractivity contribution is 0.0167. The monoisotopic (exact) mass is 224 g/mol. The van der Waals surface area contributed by atoms with E-state index in [1.54, 1.807) is 0 Å². The minimum Gasteiger partial charge on any atom is -0.377 e. The second-order valence-electron chi connectivity index (χ2n) is 4.42. The number of hydrogen-bond donors (Lipinski definition) is 1. The first kappa shape index (κ1) is 11.6. The molecule has 1 aromatic rings. The Morgan fingerprint density at radius 2 is 2.25 bits per heavy atom. The molecule has 0 saturated carbocycles. The van der Waals surface area contributed by atoms with Crippen molar-refractivity contribution in [2.24, 2.45) is 0 Å². The van der Waals surface area contributed by atoms with Crippen LogP contribution in [0.15, 0.2) is 4.52 Å². The summed E-state index contributed by atoms with van der Waals surface area (Å²) in [7, 11) is 0. The molecule has 0 amide bonds. The molecule has 1 saturated heterocycles. The molecule has 1 aliphatic rings. The number of aromatic nitrogens is 1. The average Bonchev–Trinajstić information content (AvgIpc) is 2.62. The molecule has 0 bridgehead atoms. The summed E-state index contributed by atoms with van der Waals surface area (Å²) >= 11 is 0. The third-order valence-corrected chi connectivity index (χ3v) is 3.13. The molecule has 2 heterocycles. The van der Waals surface area contributed by atoms with Crippen molar-refractivity contribution < 1.29 is 9.26 Å². The van der Waals surface area contributed by atoms with Gasteiger partial charge in [-0.3, -0.25) is 0 Å². The van der Waals surface area contributed by atoms with Gasteiger partial charge in [0.1, 0.15) is 5.76 Å². The standard InChI is InChI=1S/C12H20N2O2/c1-9-12(10(2)16-14-9)8-13-7-11-5-3-4-6-15-11/h11,13H,3-8H2,1-2H3. The predicted molar refractivity (Wildman–Crippen MR) is 61.3 cm³/mol. The summed E-state index contributed by atoms with van der Waals surface area (Å²) in [6, 6.07) is 0. The molecule has 1 fully saturated rings. The van der Waals surface area contributed by atoms with Gasteiger partial charge in [0.15, 0.2) is 0 Å². The Morgan fingerprint density at radius 3 is 2.88 bits per heavy atom. The Balaban J connectivity index is 1.75. The molecule has 1 N–H and O–H groups in total. The van der Waals surface area contributed by atoms with Crippen LogP contribution in [0.1, 0.15) is 36.3 Å². The van der Waals surface area contributed by atoms with E-state index in [1.807, 2.05) is 13.8 Å². The van der Waals surface area contributed by atoms with Crippen molar-refractivity contribution in [3.05, 3.63) is 17.0 Å². The van der Waals surface area contributed by atoms with Crippen LogP contribution in [-0.4, -0.2) is 24.4 Å². The largest absolute Gasteiger partial charge is 0.377 e. The zero-order valence-corrected chi connectivity index (χ0v) is 10.1. The van der Waals surface area contributed by atoms with Gasteiger partial charge >= 0.3 is 0 Å². The van der Waals surface area contributed by atoms with Gasteiger partial charge in [-0.2, -0.15) is 0 Å². The van der Waals surface area contributed by atoms with Crippen molar-refractivity contribution in [1.82, 2.24) is 10.5 Å². The number of nitrogens with zero attached hydrogens (tertiary/aromatic N) is 1. The van der Waals surface area contributed by atoms with E-state index in [9.17, 15) is 0 Å². The summed E-state index contributed by atoms with van der Waals surface area (Å²) in [5.41, 5.74) is 2.16. The highest BCUT2D eigenvalue weighted by Crippen LogP contribution is 2.13. The van der Waals surface area contributed by atoms with Crippen LogP contribution in [0.4, 0.5) is 0 Å². The SMILES string of the molecule is Cc1noc(C)c1CNCC1CCCCO1. The normalized spacial score (nSPS) is 21.2. The van der Waals surface area contributed by atoms with Crippen LogP contribution in [0, 0.1) is 13.8 Å². The Morgan fingerprint density at radius 1 is 1.38 bits per heavy atom. The van der Waals surface area contributed by atoms with E-state index < -0.39 is 0 Å². The lowest BCUT2D eigenvalue weighted by Gasteiger charge is -2.22. The Kier molecular flexibility index (Phi) is 3.96. The van der Waals surface area contributed by atoms with Crippen LogP contribution < -0.4 is 5.32 Å². The van der Waals surface area contributed by atoms with Crippen LogP contribution in [0.25, 0.3) is 0 Å². The molecule has 4 heteroatoms. The summed E-state index contributed by atoms with van der Waals surface area (Å²) in [5.74, 6) is 0.912. The van der Waals surface area contributed by atoms with Gasteiger partial charge in [-0.25, -0.2) is 0 Å². The number of nitrogens with one attached hydrogen (secondary N) is 1.